The van der Waals surface area contributed by atoms with Gasteiger partial charge in [-0.1, -0.05) is 36.4 Å². The highest BCUT2D eigenvalue weighted by Gasteiger charge is 2.44. The molecule has 1 saturated carbocycles. The van der Waals surface area contributed by atoms with Crippen LogP contribution in [0.25, 0.3) is 15.6 Å². The normalized spacial score (nSPS) is 20.6. The molecular formula is C34H39ClFN7O2. The Kier molecular flexibility index (Phi) is 8.59. The Morgan fingerprint density at radius 3 is 2.78 bits per heavy atom. The molecule has 2 fully saturated rings. The van der Waals surface area contributed by atoms with Crippen LogP contribution in [0.1, 0.15) is 31.0 Å². The van der Waals surface area contributed by atoms with Crippen molar-refractivity contribution in [3.05, 3.63) is 76.5 Å². The molecule has 0 radical (unpaired) electrons. The Morgan fingerprint density at radius 2 is 2.07 bits per heavy atom. The Hall–Kier alpha value is -3.94. The molecule has 11 heteroatoms. The van der Waals surface area contributed by atoms with E-state index in [1.807, 2.05) is 18.2 Å². The van der Waals surface area contributed by atoms with Crippen LogP contribution in [0.5, 0.6) is 6.01 Å². The number of ether oxygens (including phenoxy) is 1. The van der Waals surface area contributed by atoms with E-state index in [2.05, 4.69) is 47.1 Å². The molecular weight excluding hydrogens is 593 g/mol. The summed E-state index contributed by atoms with van der Waals surface area (Å²) < 4.78 is 21.0. The number of nitrogens with zero attached hydrogens (tertiary/aromatic N) is 7. The van der Waals surface area contributed by atoms with Gasteiger partial charge in [-0.2, -0.15) is 9.97 Å². The lowest BCUT2D eigenvalue weighted by Crippen LogP contribution is -2.56. The summed E-state index contributed by atoms with van der Waals surface area (Å²) in [6, 6.07) is 9.14. The molecule has 2 aliphatic heterocycles. The molecule has 2 atom stereocenters. The maximum atomic E-state index is 14.7. The molecule has 3 heterocycles. The van der Waals surface area contributed by atoms with Gasteiger partial charge in [-0.3, -0.25) is 4.79 Å². The fraction of sp³-hybridized carbons (Fsp3) is 0.471. The third-order valence-corrected chi connectivity index (χ3v) is 9.65. The van der Waals surface area contributed by atoms with Crippen molar-refractivity contribution in [3.63, 3.8) is 0 Å². The Labute approximate surface area is 269 Å². The van der Waals surface area contributed by atoms with E-state index < -0.39 is 5.82 Å². The SMILES string of the molecule is [C-]#[N+]C[C@H]1CN(c2nc(OCC3(CN(C)C)CC3)nc3c2CC(C)N(c2cccc4ccc(F)c(Cl)c24)C3)CCN1C(=O)C=C. The number of rotatable bonds is 9. The summed E-state index contributed by atoms with van der Waals surface area (Å²) in [4.78, 5) is 34.5. The number of piperazine rings is 1. The van der Waals surface area contributed by atoms with Crippen molar-refractivity contribution >= 4 is 39.8 Å². The van der Waals surface area contributed by atoms with Gasteiger partial charge in [0.2, 0.25) is 12.5 Å². The number of carbonyl (C=O) groups is 1. The Bertz CT molecular complexity index is 1670. The summed E-state index contributed by atoms with van der Waals surface area (Å²) >= 11 is 6.55. The summed E-state index contributed by atoms with van der Waals surface area (Å²) in [6.07, 6.45) is 4.17. The first-order valence-corrected chi connectivity index (χ1v) is 15.8. The van der Waals surface area contributed by atoms with E-state index >= 15 is 0 Å². The molecule has 0 N–H and O–H groups in total. The maximum Gasteiger partial charge on any atom is 0.318 e. The number of halogens is 2. The number of carbonyl (C=O) groups excluding carboxylic acids is 1. The van der Waals surface area contributed by atoms with Crippen LogP contribution in [0, 0.1) is 17.8 Å². The van der Waals surface area contributed by atoms with Gasteiger partial charge in [-0.15, -0.1) is 0 Å². The highest BCUT2D eigenvalue weighted by atomic mass is 35.5. The van der Waals surface area contributed by atoms with Crippen LogP contribution in [0.4, 0.5) is 15.9 Å². The lowest BCUT2D eigenvalue weighted by atomic mass is 9.96. The molecule has 236 valence electrons. The molecule has 1 amide bonds. The molecule has 1 unspecified atom stereocenters. The van der Waals surface area contributed by atoms with Gasteiger partial charge in [0.25, 0.3) is 0 Å². The third-order valence-electron chi connectivity index (χ3n) is 9.28. The molecule has 45 heavy (non-hydrogen) atoms. The molecule has 0 bridgehead atoms. The first kappa shape index (κ1) is 31.1. The van der Waals surface area contributed by atoms with E-state index in [0.717, 1.165) is 47.5 Å². The minimum absolute atomic E-state index is 0.0362. The van der Waals surface area contributed by atoms with Gasteiger partial charge in [0.15, 0.2) is 0 Å². The second-order valence-electron chi connectivity index (χ2n) is 12.9. The van der Waals surface area contributed by atoms with E-state index in [4.69, 9.17) is 32.9 Å². The molecule has 6 rings (SSSR count). The van der Waals surface area contributed by atoms with Crippen molar-refractivity contribution in [2.45, 2.75) is 44.8 Å². The van der Waals surface area contributed by atoms with Crippen LogP contribution >= 0.6 is 11.6 Å². The zero-order chi connectivity index (χ0) is 31.9. The fourth-order valence-corrected chi connectivity index (χ4v) is 7.14. The number of amides is 1. The molecule has 2 aromatic carbocycles. The zero-order valence-corrected chi connectivity index (χ0v) is 26.9. The summed E-state index contributed by atoms with van der Waals surface area (Å²) in [5.74, 6) is 0.181. The third kappa shape index (κ3) is 6.16. The second kappa shape index (κ2) is 12.5. The monoisotopic (exact) mass is 631 g/mol. The van der Waals surface area contributed by atoms with Crippen LogP contribution < -0.4 is 14.5 Å². The van der Waals surface area contributed by atoms with Crippen molar-refractivity contribution < 1.29 is 13.9 Å². The minimum atomic E-state index is -0.447. The zero-order valence-electron chi connectivity index (χ0n) is 26.1. The van der Waals surface area contributed by atoms with Crippen molar-refractivity contribution in [2.24, 2.45) is 5.41 Å². The molecule has 3 aromatic rings. The first-order chi connectivity index (χ1) is 21.6. The Balaban J connectivity index is 1.38. The van der Waals surface area contributed by atoms with Crippen LogP contribution in [-0.2, 0) is 17.8 Å². The summed E-state index contributed by atoms with van der Waals surface area (Å²) in [5, 5.41) is 1.67. The van der Waals surface area contributed by atoms with Gasteiger partial charge in [-0.05, 0) is 63.9 Å². The van der Waals surface area contributed by atoms with Gasteiger partial charge in [0, 0.05) is 54.3 Å². The number of hydrogen-bond donors (Lipinski definition) is 0. The van der Waals surface area contributed by atoms with Gasteiger partial charge < -0.3 is 29.2 Å². The first-order valence-electron chi connectivity index (χ1n) is 15.4. The summed E-state index contributed by atoms with van der Waals surface area (Å²) in [5.41, 5.74) is 2.84. The molecule has 0 spiro atoms. The largest absolute Gasteiger partial charge is 0.463 e. The molecule has 3 aliphatic rings. The standard InChI is InChI=1S/C34H39ClFN7O2/c1-6-29(44)42-15-14-41(18-24(42)17-37-3)32-25-16-22(2)43(28-9-7-8-23-10-11-26(36)31(35)30(23)28)19-27(25)38-33(39-32)45-21-34(12-13-34)20-40(4)5/h6-11,22,24H,1,12-21H2,2,4-5H3/t22?,24-/m0/s1. The number of benzene rings is 2. The smallest absolute Gasteiger partial charge is 0.318 e. The fourth-order valence-electron chi connectivity index (χ4n) is 6.87. The number of fused-ring (bicyclic) bond motifs is 2. The van der Waals surface area contributed by atoms with Crippen molar-refractivity contribution in [3.8, 4) is 6.01 Å². The van der Waals surface area contributed by atoms with Crippen molar-refractivity contribution in [1.82, 2.24) is 19.8 Å². The summed E-state index contributed by atoms with van der Waals surface area (Å²) in [6.45, 7) is 17.0. The van der Waals surface area contributed by atoms with E-state index in [9.17, 15) is 9.18 Å². The van der Waals surface area contributed by atoms with Crippen LogP contribution in [0.15, 0.2) is 43.0 Å². The van der Waals surface area contributed by atoms with Gasteiger partial charge in [0.1, 0.15) is 17.7 Å². The topological polar surface area (TPSA) is 69.4 Å². The highest BCUT2D eigenvalue weighted by Crippen LogP contribution is 2.46. The summed E-state index contributed by atoms with van der Waals surface area (Å²) in [7, 11) is 4.15. The van der Waals surface area contributed by atoms with Crippen molar-refractivity contribution in [2.75, 3.05) is 63.2 Å². The maximum absolute atomic E-state index is 14.7. The van der Waals surface area contributed by atoms with Gasteiger partial charge >= 0.3 is 6.01 Å². The van der Waals surface area contributed by atoms with Crippen LogP contribution in [-0.4, -0.2) is 91.2 Å². The average Bonchev–Trinajstić information content (AvgIpc) is 3.79. The minimum Gasteiger partial charge on any atom is -0.463 e. The molecule has 9 nitrogen and oxygen atoms in total. The lowest BCUT2D eigenvalue weighted by Gasteiger charge is -2.42. The van der Waals surface area contributed by atoms with E-state index in [1.165, 1.54) is 12.1 Å². The number of aromatic nitrogens is 2. The lowest BCUT2D eigenvalue weighted by molar-refractivity contribution is -0.128. The van der Waals surface area contributed by atoms with Gasteiger partial charge in [-0.25, -0.2) is 11.0 Å². The van der Waals surface area contributed by atoms with Gasteiger partial charge in [0.05, 0.1) is 23.9 Å². The number of anilines is 2. The Morgan fingerprint density at radius 1 is 1.27 bits per heavy atom. The predicted octanol–water partition coefficient (Wildman–Crippen LogP) is 5.22. The van der Waals surface area contributed by atoms with Crippen molar-refractivity contribution in [1.29, 1.82) is 0 Å². The predicted molar refractivity (Wildman–Crippen MR) is 175 cm³/mol. The molecule has 1 aliphatic carbocycles. The van der Waals surface area contributed by atoms with Crippen LogP contribution in [0.3, 0.4) is 0 Å². The molecule has 1 aromatic heterocycles. The van der Waals surface area contributed by atoms with E-state index in [0.29, 0.717) is 50.6 Å². The highest BCUT2D eigenvalue weighted by molar-refractivity contribution is 6.36. The quantitative estimate of drug-likeness (QED) is 0.237. The van der Waals surface area contributed by atoms with Crippen LogP contribution in [0.2, 0.25) is 5.02 Å². The number of hydrogen-bond acceptors (Lipinski definition) is 7. The van der Waals surface area contributed by atoms with E-state index in [-0.39, 0.29) is 35.0 Å². The molecule has 1 saturated heterocycles. The van der Waals surface area contributed by atoms with E-state index in [1.54, 1.807) is 11.0 Å². The average molecular weight is 632 g/mol. The second-order valence-corrected chi connectivity index (χ2v) is 13.3.